The van der Waals surface area contributed by atoms with E-state index in [2.05, 4.69) is 33.9 Å². The molecule has 1 saturated heterocycles. The summed E-state index contributed by atoms with van der Waals surface area (Å²) < 4.78 is 13.5. The highest BCUT2D eigenvalue weighted by Gasteiger charge is 2.18. The molecule has 0 unspecified atom stereocenters. The molecule has 26 heavy (non-hydrogen) atoms. The third kappa shape index (κ3) is 3.40. The number of ether oxygens (including phenoxy) is 1. The van der Waals surface area contributed by atoms with E-state index >= 15 is 0 Å². The second kappa shape index (κ2) is 7.16. The highest BCUT2D eigenvalue weighted by Crippen LogP contribution is 2.18. The third-order valence-electron chi connectivity index (χ3n) is 4.14. The van der Waals surface area contributed by atoms with Gasteiger partial charge in [0.25, 0.3) is 5.91 Å². The Morgan fingerprint density at radius 3 is 2.81 bits per heavy atom. The van der Waals surface area contributed by atoms with Crippen LogP contribution in [0.3, 0.4) is 0 Å². The van der Waals surface area contributed by atoms with Gasteiger partial charge in [-0.05, 0) is 31.0 Å². The second-order valence-corrected chi connectivity index (χ2v) is 6.41. The average Bonchev–Trinajstić information content (AvgIpc) is 3.36. The van der Waals surface area contributed by atoms with Crippen LogP contribution in [0.25, 0.3) is 11.0 Å². The lowest BCUT2D eigenvalue weighted by atomic mass is 10.2. The van der Waals surface area contributed by atoms with Crippen LogP contribution in [0, 0.1) is 0 Å². The molecule has 134 valence electrons. The Labute approximate surface area is 153 Å². The highest BCUT2D eigenvalue weighted by molar-refractivity contribution is 7.00. The van der Waals surface area contributed by atoms with Crippen molar-refractivity contribution in [1.82, 2.24) is 29.0 Å². The van der Waals surface area contributed by atoms with E-state index in [1.54, 1.807) is 18.2 Å². The van der Waals surface area contributed by atoms with Crippen LogP contribution >= 0.6 is 11.7 Å². The van der Waals surface area contributed by atoms with E-state index in [9.17, 15) is 4.79 Å². The molecule has 9 nitrogen and oxygen atoms in total. The quantitative estimate of drug-likeness (QED) is 0.718. The van der Waals surface area contributed by atoms with Gasteiger partial charge in [-0.3, -0.25) is 4.79 Å². The lowest BCUT2D eigenvalue weighted by molar-refractivity contribution is 0.0950. The minimum atomic E-state index is -0.220. The Balaban J connectivity index is 1.49. The number of carbonyl (C=O) groups is 1. The first-order valence-corrected chi connectivity index (χ1v) is 9.00. The molecule has 0 spiro atoms. The molecular weight excluding hydrogens is 354 g/mol. The summed E-state index contributed by atoms with van der Waals surface area (Å²) in [5, 5.41) is 2.83. The Morgan fingerprint density at radius 2 is 2.00 bits per heavy atom. The molecule has 1 N–H and O–H groups in total. The number of hydrogen-bond acceptors (Lipinski definition) is 9. The SMILES string of the molecule is COc1nc(CNC(=O)c2ccc3nsnc3c2)nc(N2CCCC2)n1. The van der Waals surface area contributed by atoms with Gasteiger partial charge in [-0.25, -0.2) is 0 Å². The zero-order valence-corrected chi connectivity index (χ0v) is 15.0. The number of rotatable bonds is 5. The maximum absolute atomic E-state index is 12.4. The van der Waals surface area contributed by atoms with Crippen molar-refractivity contribution in [3.8, 4) is 6.01 Å². The van der Waals surface area contributed by atoms with Crippen LogP contribution in [0.15, 0.2) is 18.2 Å². The molecule has 1 amide bonds. The van der Waals surface area contributed by atoms with Crippen LogP contribution in [-0.2, 0) is 6.54 Å². The van der Waals surface area contributed by atoms with Gasteiger partial charge in [0.1, 0.15) is 11.0 Å². The topological polar surface area (TPSA) is 106 Å². The van der Waals surface area contributed by atoms with E-state index in [0.717, 1.165) is 43.2 Å². The summed E-state index contributed by atoms with van der Waals surface area (Å²) in [5.74, 6) is 0.832. The van der Waals surface area contributed by atoms with Crippen molar-refractivity contribution in [3.63, 3.8) is 0 Å². The summed E-state index contributed by atoms with van der Waals surface area (Å²) >= 11 is 1.12. The van der Waals surface area contributed by atoms with Crippen molar-refractivity contribution in [2.45, 2.75) is 19.4 Å². The molecule has 10 heteroatoms. The van der Waals surface area contributed by atoms with Crippen LogP contribution in [0.5, 0.6) is 6.01 Å². The van der Waals surface area contributed by atoms with Crippen LogP contribution in [0.4, 0.5) is 5.95 Å². The number of fused-ring (bicyclic) bond motifs is 1. The maximum Gasteiger partial charge on any atom is 0.321 e. The van der Waals surface area contributed by atoms with Gasteiger partial charge < -0.3 is 15.0 Å². The average molecular weight is 371 g/mol. The molecule has 1 aromatic carbocycles. The number of carbonyl (C=O) groups excluding carboxylic acids is 1. The van der Waals surface area contributed by atoms with Crippen molar-refractivity contribution in [3.05, 3.63) is 29.6 Å². The standard InChI is InChI=1S/C16H17N7O2S/c1-25-16-19-13(18-15(20-16)23-6-2-3-7-23)9-17-14(24)10-4-5-11-12(8-10)22-26-21-11/h4-5,8H,2-3,6-7,9H2,1H3,(H,17,24). The number of benzene rings is 1. The molecule has 1 fully saturated rings. The van der Waals surface area contributed by atoms with Crippen LogP contribution in [0.2, 0.25) is 0 Å². The van der Waals surface area contributed by atoms with E-state index in [-0.39, 0.29) is 18.5 Å². The lowest BCUT2D eigenvalue weighted by Crippen LogP contribution is -2.26. The van der Waals surface area contributed by atoms with Crippen molar-refractivity contribution in [1.29, 1.82) is 0 Å². The normalized spacial score (nSPS) is 14.0. The zero-order chi connectivity index (χ0) is 17.9. The van der Waals surface area contributed by atoms with Gasteiger partial charge in [0.2, 0.25) is 5.95 Å². The van der Waals surface area contributed by atoms with Gasteiger partial charge in [0.15, 0.2) is 5.82 Å². The molecule has 2 aromatic heterocycles. The molecular formula is C16H17N7O2S. The van der Waals surface area contributed by atoms with Crippen LogP contribution < -0.4 is 15.0 Å². The summed E-state index contributed by atoms with van der Waals surface area (Å²) in [4.78, 5) is 27.5. The summed E-state index contributed by atoms with van der Waals surface area (Å²) in [6.45, 7) is 2.02. The molecule has 0 saturated carbocycles. The molecule has 4 rings (SSSR count). The van der Waals surface area contributed by atoms with E-state index < -0.39 is 0 Å². The van der Waals surface area contributed by atoms with E-state index in [0.29, 0.717) is 22.9 Å². The zero-order valence-electron chi connectivity index (χ0n) is 14.2. The van der Waals surface area contributed by atoms with Crippen molar-refractivity contribution < 1.29 is 9.53 Å². The summed E-state index contributed by atoms with van der Waals surface area (Å²) in [5.41, 5.74) is 2.01. The first kappa shape index (κ1) is 16.6. The summed E-state index contributed by atoms with van der Waals surface area (Å²) in [7, 11) is 1.52. The number of aromatic nitrogens is 5. The number of methoxy groups -OCH3 is 1. The molecule has 1 aliphatic heterocycles. The number of nitrogens with zero attached hydrogens (tertiary/aromatic N) is 6. The monoisotopic (exact) mass is 371 g/mol. The third-order valence-corrected chi connectivity index (χ3v) is 4.70. The molecule has 0 aliphatic carbocycles. The lowest BCUT2D eigenvalue weighted by Gasteiger charge is -2.16. The Hall–Kier alpha value is -2.88. The largest absolute Gasteiger partial charge is 0.467 e. The van der Waals surface area contributed by atoms with Gasteiger partial charge in [-0.1, -0.05) is 0 Å². The first-order chi connectivity index (χ1) is 12.7. The predicted molar refractivity (Wildman–Crippen MR) is 96.4 cm³/mol. The fourth-order valence-electron chi connectivity index (χ4n) is 2.80. The van der Waals surface area contributed by atoms with Crippen molar-refractivity contribution >= 4 is 34.6 Å². The van der Waals surface area contributed by atoms with Gasteiger partial charge in [0, 0.05) is 18.7 Å². The summed E-state index contributed by atoms with van der Waals surface area (Å²) in [6.07, 6.45) is 2.24. The van der Waals surface area contributed by atoms with Crippen LogP contribution in [0.1, 0.15) is 29.0 Å². The molecule has 0 bridgehead atoms. The van der Waals surface area contributed by atoms with E-state index in [1.807, 2.05) is 0 Å². The number of amides is 1. The van der Waals surface area contributed by atoms with Gasteiger partial charge in [-0.15, -0.1) is 0 Å². The molecule has 3 aromatic rings. The Kier molecular flexibility index (Phi) is 4.57. The van der Waals surface area contributed by atoms with E-state index in [1.165, 1.54) is 7.11 Å². The predicted octanol–water partition coefficient (Wildman–Crippen LogP) is 1.42. The molecule has 1 aliphatic rings. The highest BCUT2D eigenvalue weighted by atomic mass is 32.1. The van der Waals surface area contributed by atoms with Crippen molar-refractivity contribution in [2.75, 3.05) is 25.1 Å². The number of nitrogens with one attached hydrogen (secondary N) is 1. The Morgan fingerprint density at radius 1 is 1.19 bits per heavy atom. The van der Waals surface area contributed by atoms with Gasteiger partial charge >= 0.3 is 6.01 Å². The Bertz CT molecular complexity index is 939. The fraction of sp³-hybridized carbons (Fsp3) is 0.375. The van der Waals surface area contributed by atoms with Gasteiger partial charge in [-0.2, -0.15) is 23.7 Å². The van der Waals surface area contributed by atoms with Crippen LogP contribution in [-0.4, -0.2) is 49.8 Å². The first-order valence-electron chi connectivity index (χ1n) is 8.27. The number of hydrogen-bond donors (Lipinski definition) is 1. The fourth-order valence-corrected chi connectivity index (χ4v) is 3.32. The minimum Gasteiger partial charge on any atom is -0.467 e. The maximum atomic E-state index is 12.4. The number of anilines is 1. The second-order valence-electron chi connectivity index (χ2n) is 5.88. The molecule has 0 radical (unpaired) electrons. The minimum absolute atomic E-state index is 0.186. The molecule has 0 atom stereocenters. The van der Waals surface area contributed by atoms with E-state index in [4.69, 9.17) is 4.74 Å². The van der Waals surface area contributed by atoms with Gasteiger partial charge in [0.05, 0.1) is 25.4 Å². The molecule has 3 heterocycles. The van der Waals surface area contributed by atoms with Crippen molar-refractivity contribution in [2.24, 2.45) is 0 Å². The summed E-state index contributed by atoms with van der Waals surface area (Å²) in [6, 6.07) is 5.48. The smallest absolute Gasteiger partial charge is 0.321 e.